The standard InChI is InChI=1S/C12H24N2O2/c1-12(2,4-3-5-15)9-14-11(16)6-10-7-13-8-10/h10,13,15H,3-9H2,1-2H3,(H,14,16). The molecule has 0 spiro atoms. The molecule has 4 nitrogen and oxygen atoms in total. The lowest BCUT2D eigenvalue weighted by atomic mass is 9.87. The second-order valence-electron chi connectivity index (χ2n) is 5.50. The molecule has 4 heteroatoms. The van der Waals surface area contributed by atoms with Gasteiger partial charge in [0.15, 0.2) is 0 Å². The third kappa shape index (κ3) is 4.94. The lowest BCUT2D eigenvalue weighted by Gasteiger charge is -2.28. The first-order chi connectivity index (χ1) is 7.53. The van der Waals surface area contributed by atoms with Gasteiger partial charge in [-0.1, -0.05) is 13.8 Å². The molecule has 0 bridgehead atoms. The number of rotatable bonds is 7. The van der Waals surface area contributed by atoms with E-state index in [9.17, 15) is 4.79 Å². The Labute approximate surface area is 97.8 Å². The summed E-state index contributed by atoms with van der Waals surface area (Å²) in [7, 11) is 0. The molecule has 1 saturated heterocycles. The van der Waals surface area contributed by atoms with E-state index in [0.29, 0.717) is 18.9 Å². The minimum atomic E-state index is 0.0796. The molecule has 1 amide bonds. The summed E-state index contributed by atoms with van der Waals surface area (Å²) in [6.07, 6.45) is 2.38. The van der Waals surface area contributed by atoms with Crippen LogP contribution < -0.4 is 10.6 Å². The number of aliphatic hydroxyl groups is 1. The predicted molar refractivity (Wildman–Crippen MR) is 64.1 cm³/mol. The fraction of sp³-hybridized carbons (Fsp3) is 0.917. The second-order valence-corrected chi connectivity index (χ2v) is 5.50. The molecule has 3 N–H and O–H groups in total. The Bertz CT molecular complexity index is 225. The van der Waals surface area contributed by atoms with Gasteiger partial charge in [-0.2, -0.15) is 0 Å². The van der Waals surface area contributed by atoms with Gasteiger partial charge in [0, 0.05) is 19.6 Å². The molecule has 94 valence electrons. The molecule has 0 atom stereocenters. The van der Waals surface area contributed by atoms with Crippen molar-refractivity contribution in [2.75, 3.05) is 26.2 Å². The van der Waals surface area contributed by atoms with Gasteiger partial charge in [0.25, 0.3) is 0 Å². The Balaban J connectivity index is 2.13. The highest BCUT2D eigenvalue weighted by atomic mass is 16.2. The molecule has 1 heterocycles. The highest BCUT2D eigenvalue weighted by Crippen LogP contribution is 2.20. The fourth-order valence-electron chi connectivity index (χ4n) is 1.81. The molecule has 1 aliphatic heterocycles. The molecule has 0 aromatic carbocycles. The largest absolute Gasteiger partial charge is 0.396 e. The Kier molecular flexibility index (Phi) is 5.22. The van der Waals surface area contributed by atoms with E-state index in [1.165, 1.54) is 0 Å². The molecule has 0 aromatic heterocycles. The fourth-order valence-corrected chi connectivity index (χ4v) is 1.81. The van der Waals surface area contributed by atoms with Gasteiger partial charge in [0.05, 0.1) is 0 Å². The summed E-state index contributed by atoms with van der Waals surface area (Å²) in [5, 5.41) is 14.9. The van der Waals surface area contributed by atoms with Crippen LogP contribution in [0.2, 0.25) is 0 Å². The lowest BCUT2D eigenvalue weighted by molar-refractivity contribution is -0.122. The quantitative estimate of drug-likeness (QED) is 0.595. The van der Waals surface area contributed by atoms with Gasteiger partial charge in [-0.15, -0.1) is 0 Å². The highest BCUT2D eigenvalue weighted by molar-refractivity contribution is 5.76. The van der Waals surface area contributed by atoms with Crippen LogP contribution in [0, 0.1) is 11.3 Å². The zero-order chi connectivity index (χ0) is 12.0. The summed E-state index contributed by atoms with van der Waals surface area (Å²) in [5.41, 5.74) is 0.0796. The molecule has 1 aliphatic rings. The van der Waals surface area contributed by atoms with E-state index in [-0.39, 0.29) is 17.9 Å². The van der Waals surface area contributed by atoms with Crippen LogP contribution in [0.5, 0.6) is 0 Å². The normalized spacial score (nSPS) is 16.9. The molecule has 0 saturated carbocycles. The van der Waals surface area contributed by atoms with Gasteiger partial charge in [0.2, 0.25) is 5.91 Å². The first kappa shape index (κ1) is 13.5. The van der Waals surface area contributed by atoms with E-state index in [1.54, 1.807) is 0 Å². The van der Waals surface area contributed by atoms with Crippen LogP contribution in [0.25, 0.3) is 0 Å². The van der Waals surface area contributed by atoms with Crippen LogP contribution in [-0.4, -0.2) is 37.3 Å². The average molecular weight is 228 g/mol. The lowest BCUT2D eigenvalue weighted by Crippen LogP contribution is -2.45. The van der Waals surface area contributed by atoms with Gasteiger partial charge < -0.3 is 15.7 Å². The van der Waals surface area contributed by atoms with E-state index in [0.717, 1.165) is 25.9 Å². The van der Waals surface area contributed by atoms with Gasteiger partial charge in [-0.25, -0.2) is 0 Å². The van der Waals surface area contributed by atoms with Crippen LogP contribution in [0.1, 0.15) is 33.1 Å². The summed E-state index contributed by atoms with van der Waals surface area (Å²) in [5.74, 6) is 0.684. The van der Waals surface area contributed by atoms with E-state index in [2.05, 4.69) is 24.5 Å². The molecule has 16 heavy (non-hydrogen) atoms. The van der Waals surface area contributed by atoms with Gasteiger partial charge in [0.1, 0.15) is 0 Å². The van der Waals surface area contributed by atoms with E-state index in [1.807, 2.05) is 0 Å². The Morgan fingerprint density at radius 2 is 2.19 bits per heavy atom. The van der Waals surface area contributed by atoms with Crippen molar-refractivity contribution in [1.29, 1.82) is 0 Å². The average Bonchev–Trinajstić information content (AvgIpc) is 2.18. The van der Waals surface area contributed by atoms with Crippen molar-refractivity contribution < 1.29 is 9.90 Å². The van der Waals surface area contributed by atoms with Gasteiger partial charge in [-0.3, -0.25) is 4.79 Å². The van der Waals surface area contributed by atoms with Crippen LogP contribution >= 0.6 is 0 Å². The number of hydrogen-bond acceptors (Lipinski definition) is 3. The second kappa shape index (κ2) is 6.21. The number of hydrogen-bond donors (Lipinski definition) is 3. The molecule has 0 radical (unpaired) electrons. The van der Waals surface area contributed by atoms with Crippen molar-refractivity contribution in [2.24, 2.45) is 11.3 Å². The molecule has 1 fully saturated rings. The zero-order valence-electron chi connectivity index (χ0n) is 10.4. The SMILES string of the molecule is CC(C)(CCCO)CNC(=O)CC1CNC1. The van der Waals surface area contributed by atoms with Crippen molar-refractivity contribution in [3.05, 3.63) is 0 Å². The number of carbonyl (C=O) groups is 1. The first-order valence-corrected chi connectivity index (χ1v) is 6.12. The smallest absolute Gasteiger partial charge is 0.220 e. The van der Waals surface area contributed by atoms with Gasteiger partial charge >= 0.3 is 0 Å². The van der Waals surface area contributed by atoms with Crippen molar-refractivity contribution in [3.63, 3.8) is 0 Å². The molecule has 0 aromatic rings. The summed E-state index contributed by atoms with van der Waals surface area (Å²) in [6, 6.07) is 0. The van der Waals surface area contributed by atoms with Crippen molar-refractivity contribution >= 4 is 5.91 Å². The van der Waals surface area contributed by atoms with Crippen LogP contribution in [-0.2, 0) is 4.79 Å². The maximum Gasteiger partial charge on any atom is 0.220 e. The number of nitrogens with one attached hydrogen (secondary N) is 2. The molecule has 0 aliphatic carbocycles. The van der Waals surface area contributed by atoms with Crippen molar-refractivity contribution in [3.8, 4) is 0 Å². The molecule has 0 unspecified atom stereocenters. The Hall–Kier alpha value is -0.610. The van der Waals surface area contributed by atoms with Crippen molar-refractivity contribution in [1.82, 2.24) is 10.6 Å². The van der Waals surface area contributed by atoms with Gasteiger partial charge in [-0.05, 0) is 37.3 Å². The summed E-state index contributed by atoms with van der Waals surface area (Å²) in [6.45, 7) is 7.11. The predicted octanol–water partition coefficient (Wildman–Crippen LogP) is 0.511. The maximum absolute atomic E-state index is 11.6. The number of amides is 1. The minimum Gasteiger partial charge on any atom is -0.396 e. The van der Waals surface area contributed by atoms with E-state index < -0.39 is 0 Å². The van der Waals surface area contributed by atoms with Crippen molar-refractivity contribution in [2.45, 2.75) is 33.1 Å². The topological polar surface area (TPSA) is 61.4 Å². The van der Waals surface area contributed by atoms with Crippen LogP contribution in [0.4, 0.5) is 0 Å². The van der Waals surface area contributed by atoms with E-state index >= 15 is 0 Å². The molecule has 1 rings (SSSR count). The highest BCUT2D eigenvalue weighted by Gasteiger charge is 2.22. The number of carbonyl (C=O) groups excluding carboxylic acids is 1. The van der Waals surface area contributed by atoms with Crippen LogP contribution in [0.3, 0.4) is 0 Å². The Morgan fingerprint density at radius 3 is 2.69 bits per heavy atom. The van der Waals surface area contributed by atoms with Crippen LogP contribution in [0.15, 0.2) is 0 Å². The first-order valence-electron chi connectivity index (χ1n) is 6.12. The number of aliphatic hydroxyl groups excluding tert-OH is 1. The summed E-state index contributed by atoms with van der Waals surface area (Å²) < 4.78 is 0. The third-order valence-corrected chi connectivity index (χ3v) is 3.12. The molecular formula is C12H24N2O2. The summed E-state index contributed by atoms with van der Waals surface area (Å²) in [4.78, 5) is 11.6. The summed E-state index contributed by atoms with van der Waals surface area (Å²) >= 11 is 0. The van der Waals surface area contributed by atoms with E-state index in [4.69, 9.17) is 5.11 Å². The monoisotopic (exact) mass is 228 g/mol. The zero-order valence-corrected chi connectivity index (χ0v) is 10.4. The minimum absolute atomic E-state index is 0.0796. The maximum atomic E-state index is 11.6. The molecular weight excluding hydrogens is 204 g/mol. The third-order valence-electron chi connectivity index (χ3n) is 3.12. The Morgan fingerprint density at radius 1 is 1.50 bits per heavy atom.